The van der Waals surface area contributed by atoms with Crippen molar-refractivity contribution in [1.82, 2.24) is 9.80 Å². The molecule has 0 bridgehead atoms. The summed E-state index contributed by atoms with van der Waals surface area (Å²) in [6.07, 6.45) is 0. The second-order valence-electron chi connectivity index (χ2n) is 7.65. The third-order valence-electron chi connectivity index (χ3n) is 5.65. The highest BCUT2D eigenvalue weighted by Crippen LogP contribution is 2.23. The lowest BCUT2D eigenvalue weighted by atomic mass is 10.0. The first-order valence-electron chi connectivity index (χ1n) is 10.1. The number of benzene rings is 3. The summed E-state index contributed by atoms with van der Waals surface area (Å²) in [5.74, 6) is 0.0119. The summed E-state index contributed by atoms with van der Waals surface area (Å²) in [6, 6.07) is 20.6. The number of halogens is 1. The van der Waals surface area contributed by atoms with Gasteiger partial charge in [0, 0.05) is 43.4 Å². The minimum absolute atomic E-state index is 0.0119. The van der Waals surface area contributed by atoms with E-state index in [1.165, 1.54) is 16.3 Å². The van der Waals surface area contributed by atoms with Gasteiger partial charge in [-0.25, -0.2) is 0 Å². The predicted molar refractivity (Wildman–Crippen MR) is 120 cm³/mol. The minimum Gasteiger partial charge on any atom is -0.325 e. The van der Waals surface area contributed by atoms with E-state index in [0.717, 1.165) is 44.0 Å². The first-order valence-corrected chi connectivity index (χ1v) is 10.4. The van der Waals surface area contributed by atoms with Crippen LogP contribution in [0.5, 0.6) is 0 Å². The van der Waals surface area contributed by atoms with Crippen LogP contribution in [0.3, 0.4) is 0 Å². The molecule has 1 N–H and O–H groups in total. The molecule has 1 saturated heterocycles. The molecule has 1 aliphatic heterocycles. The van der Waals surface area contributed by atoms with E-state index in [2.05, 4.69) is 57.6 Å². The fourth-order valence-electron chi connectivity index (χ4n) is 3.91. The molecular weight excluding hydrogens is 382 g/mol. The second kappa shape index (κ2) is 8.95. The molecule has 4 rings (SSSR count). The number of amides is 1. The lowest BCUT2D eigenvalue weighted by molar-refractivity contribution is -0.117. The molecule has 150 valence electrons. The number of piperazine rings is 1. The summed E-state index contributed by atoms with van der Waals surface area (Å²) in [7, 11) is 0. The van der Waals surface area contributed by atoms with Crippen LogP contribution in [0.2, 0.25) is 5.02 Å². The molecule has 3 aromatic carbocycles. The Morgan fingerprint density at radius 2 is 1.62 bits per heavy atom. The van der Waals surface area contributed by atoms with Crippen LogP contribution in [-0.4, -0.2) is 48.4 Å². The number of nitrogens with one attached hydrogen (secondary N) is 1. The molecule has 0 atom stereocenters. The van der Waals surface area contributed by atoms with Gasteiger partial charge in [0.15, 0.2) is 0 Å². The van der Waals surface area contributed by atoms with Gasteiger partial charge < -0.3 is 5.32 Å². The average Bonchev–Trinajstić information content (AvgIpc) is 2.73. The van der Waals surface area contributed by atoms with Gasteiger partial charge in [-0.05, 0) is 41.0 Å². The summed E-state index contributed by atoms with van der Waals surface area (Å²) in [5.41, 5.74) is 3.06. The third-order valence-corrected chi connectivity index (χ3v) is 6.06. The Morgan fingerprint density at radius 1 is 0.931 bits per heavy atom. The van der Waals surface area contributed by atoms with Gasteiger partial charge in [0.05, 0.1) is 6.54 Å². The van der Waals surface area contributed by atoms with E-state index in [1.54, 1.807) is 0 Å². The van der Waals surface area contributed by atoms with Gasteiger partial charge in [0.1, 0.15) is 0 Å². The number of rotatable bonds is 5. The number of anilines is 1. The molecule has 0 spiro atoms. The van der Waals surface area contributed by atoms with Crippen molar-refractivity contribution < 1.29 is 4.79 Å². The second-order valence-corrected chi connectivity index (χ2v) is 8.06. The molecule has 0 radical (unpaired) electrons. The van der Waals surface area contributed by atoms with E-state index in [4.69, 9.17) is 11.6 Å². The number of fused-ring (bicyclic) bond motifs is 1. The number of carbonyl (C=O) groups excluding carboxylic acids is 1. The lowest BCUT2D eigenvalue weighted by Crippen LogP contribution is -2.48. The van der Waals surface area contributed by atoms with E-state index in [0.29, 0.717) is 11.6 Å². The Morgan fingerprint density at radius 3 is 2.45 bits per heavy atom. The summed E-state index contributed by atoms with van der Waals surface area (Å²) in [6.45, 7) is 7.00. The molecule has 1 fully saturated rings. The molecule has 0 saturated carbocycles. The van der Waals surface area contributed by atoms with Crippen LogP contribution < -0.4 is 5.32 Å². The number of hydrogen-bond acceptors (Lipinski definition) is 3. The highest BCUT2D eigenvalue weighted by atomic mass is 35.5. The van der Waals surface area contributed by atoms with Gasteiger partial charge in [-0.15, -0.1) is 0 Å². The van der Waals surface area contributed by atoms with Crippen molar-refractivity contribution in [2.45, 2.75) is 13.5 Å². The molecule has 1 amide bonds. The van der Waals surface area contributed by atoms with Gasteiger partial charge in [-0.3, -0.25) is 14.6 Å². The quantitative estimate of drug-likeness (QED) is 0.673. The topological polar surface area (TPSA) is 35.6 Å². The van der Waals surface area contributed by atoms with E-state index >= 15 is 0 Å². The molecule has 1 aliphatic rings. The van der Waals surface area contributed by atoms with E-state index in [-0.39, 0.29) is 5.91 Å². The van der Waals surface area contributed by atoms with Crippen molar-refractivity contribution in [3.05, 3.63) is 76.8 Å². The van der Waals surface area contributed by atoms with Crippen LogP contribution in [0, 0.1) is 6.92 Å². The molecule has 0 aromatic heterocycles. The largest absolute Gasteiger partial charge is 0.325 e. The maximum Gasteiger partial charge on any atom is 0.238 e. The van der Waals surface area contributed by atoms with Crippen molar-refractivity contribution in [3.63, 3.8) is 0 Å². The number of carbonyl (C=O) groups is 1. The van der Waals surface area contributed by atoms with E-state index < -0.39 is 0 Å². The van der Waals surface area contributed by atoms with Gasteiger partial charge in [-0.2, -0.15) is 0 Å². The SMILES string of the molecule is Cc1c(Cl)cccc1NC(=O)CN1CCN(Cc2cccc3ccccc23)CC1. The van der Waals surface area contributed by atoms with Crippen molar-refractivity contribution in [3.8, 4) is 0 Å². The highest BCUT2D eigenvalue weighted by Gasteiger charge is 2.20. The van der Waals surface area contributed by atoms with E-state index in [1.807, 2.05) is 25.1 Å². The van der Waals surface area contributed by atoms with Crippen molar-refractivity contribution in [2.24, 2.45) is 0 Å². The van der Waals surface area contributed by atoms with Crippen LogP contribution in [0.4, 0.5) is 5.69 Å². The molecule has 1 heterocycles. The summed E-state index contributed by atoms with van der Waals surface area (Å²) in [5, 5.41) is 6.28. The standard InChI is InChI=1S/C24H26ClN3O/c1-18-22(25)10-5-11-23(18)26-24(29)17-28-14-12-27(13-15-28)16-20-8-4-7-19-6-2-3-9-21(19)20/h2-11H,12-17H2,1H3,(H,26,29). The maximum atomic E-state index is 12.5. The molecule has 5 heteroatoms. The fraction of sp³-hybridized carbons (Fsp3) is 0.292. The third kappa shape index (κ3) is 4.78. The van der Waals surface area contributed by atoms with Crippen molar-refractivity contribution in [2.75, 3.05) is 38.0 Å². The van der Waals surface area contributed by atoms with Crippen LogP contribution >= 0.6 is 11.6 Å². The van der Waals surface area contributed by atoms with Crippen molar-refractivity contribution >= 4 is 34.0 Å². The van der Waals surface area contributed by atoms with Crippen LogP contribution in [-0.2, 0) is 11.3 Å². The predicted octanol–water partition coefficient (Wildman–Crippen LogP) is 4.56. The van der Waals surface area contributed by atoms with Crippen LogP contribution in [0.15, 0.2) is 60.7 Å². The maximum absolute atomic E-state index is 12.5. The molecule has 29 heavy (non-hydrogen) atoms. The normalized spacial score (nSPS) is 15.5. The van der Waals surface area contributed by atoms with Crippen LogP contribution in [0.25, 0.3) is 10.8 Å². The van der Waals surface area contributed by atoms with Gasteiger partial charge in [0.25, 0.3) is 0 Å². The molecule has 0 unspecified atom stereocenters. The van der Waals surface area contributed by atoms with Crippen LogP contribution in [0.1, 0.15) is 11.1 Å². The Balaban J connectivity index is 1.30. The lowest BCUT2D eigenvalue weighted by Gasteiger charge is -2.34. The Labute approximate surface area is 177 Å². The number of nitrogens with zero attached hydrogens (tertiary/aromatic N) is 2. The molecule has 4 nitrogen and oxygen atoms in total. The van der Waals surface area contributed by atoms with Gasteiger partial charge in [-0.1, -0.05) is 60.1 Å². The summed E-state index contributed by atoms with van der Waals surface area (Å²) < 4.78 is 0. The zero-order valence-corrected chi connectivity index (χ0v) is 17.5. The Hall–Kier alpha value is -2.40. The summed E-state index contributed by atoms with van der Waals surface area (Å²) in [4.78, 5) is 17.1. The van der Waals surface area contributed by atoms with Gasteiger partial charge in [0.2, 0.25) is 5.91 Å². The minimum atomic E-state index is 0.0119. The first kappa shape index (κ1) is 19.9. The zero-order valence-electron chi connectivity index (χ0n) is 16.7. The first-order chi connectivity index (χ1) is 14.1. The van der Waals surface area contributed by atoms with Gasteiger partial charge >= 0.3 is 0 Å². The average molecular weight is 408 g/mol. The monoisotopic (exact) mass is 407 g/mol. The summed E-state index contributed by atoms with van der Waals surface area (Å²) >= 11 is 6.14. The van der Waals surface area contributed by atoms with Crippen molar-refractivity contribution in [1.29, 1.82) is 0 Å². The smallest absolute Gasteiger partial charge is 0.238 e. The Bertz CT molecular complexity index is 1010. The van der Waals surface area contributed by atoms with E-state index in [9.17, 15) is 4.79 Å². The zero-order chi connectivity index (χ0) is 20.2. The number of hydrogen-bond donors (Lipinski definition) is 1. The molecule has 3 aromatic rings. The highest BCUT2D eigenvalue weighted by molar-refractivity contribution is 6.31. The molecular formula is C24H26ClN3O. The fourth-order valence-corrected chi connectivity index (χ4v) is 4.09. The Kier molecular flexibility index (Phi) is 6.14. The molecule has 0 aliphatic carbocycles.